The highest BCUT2D eigenvalue weighted by molar-refractivity contribution is 5.85. The molecule has 0 unspecified atom stereocenters. The van der Waals surface area contributed by atoms with Gasteiger partial charge in [0.1, 0.15) is 5.75 Å². The lowest BCUT2D eigenvalue weighted by molar-refractivity contribution is -0.140. The van der Waals surface area contributed by atoms with Crippen molar-refractivity contribution in [3.63, 3.8) is 0 Å². The molecular weight excluding hydrogens is 237 g/mol. The summed E-state index contributed by atoms with van der Waals surface area (Å²) in [6, 6.07) is 3.75. The molecule has 2 aromatic rings. The molecule has 0 atom stereocenters. The summed E-state index contributed by atoms with van der Waals surface area (Å²) in [4.78, 5) is 11.4. The van der Waals surface area contributed by atoms with E-state index in [4.69, 9.17) is 4.74 Å². The molecule has 1 N–H and O–H groups in total. The zero-order valence-electron chi connectivity index (χ0n) is 8.63. The van der Waals surface area contributed by atoms with Crippen LogP contribution in [0.2, 0.25) is 0 Å². The Balaban J connectivity index is 2.83. The molecule has 1 aromatic carbocycles. The summed E-state index contributed by atoms with van der Waals surface area (Å²) in [5.74, 6) is 0.308. The molecule has 0 spiro atoms. The van der Waals surface area contributed by atoms with E-state index in [0.29, 0.717) is 5.75 Å². The van der Waals surface area contributed by atoms with Crippen molar-refractivity contribution in [3.05, 3.63) is 34.2 Å². The Morgan fingerprint density at radius 2 is 2.00 bits per heavy atom. The molecule has 0 amide bonds. The Morgan fingerprint density at radius 3 is 2.59 bits per heavy atom. The van der Waals surface area contributed by atoms with E-state index in [1.807, 2.05) is 5.10 Å². The molecule has 7 heteroatoms. The highest BCUT2D eigenvalue weighted by Gasteiger charge is 2.35. The molecule has 17 heavy (non-hydrogen) atoms. The number of aromatic nitrogens is 2. The first-order chi connectivity index (χ1) is 7.93. The molecule has 0 saturated heterocycles. The predicted molar refractivity (Wildman–Crippen MR) is 53.9 cm³/mol. The molecule has 1 heterocycles. The van der Waals surface area contributed by atoms with E-state index in [0.717, 1.165) is 0 Å². The van der Waals surface area contributed by atoms with Crippen LogP contribution in [0.5, 0.6) is 5.75 Å². The van der Waals surface area contributed by atoms with Gasteiger partial charge in [-0.05, 0) is 18.2 Å². The quantitative estimate of drug-likeness (QED) is 0.834. The topological polar surface area (TPSA) is 55.0 Å². The molecule has 1 aromatic heterocycles. The summed E-state index contributed by atoms with van der Waals surface area (Å²) >= 11 is 0. The Hall–Kier alpha value is -2.05. The average Bonchev–Trinajstić information content (AvgIpc) is 2.27. The minimum absolute atomic E-state index is 0.105. The van der Waals surface area contributed by atoms with Crippen molar-refractivity contribution in [2.75, 3.05) is 7.11 Å². The SMILES string of the molecule is COc1ccc2c(C(F)(F)F)n[nH]c(=O)c2c1. The summed E-state index contributed by atoms with van der Waals surface area (Å²) in [6.07, 6.45) is -4.61. The zero-order valence-corrected chi connectivity index (χ0v) is 8.63. The zero-order chi connectivity index (χ0) is 12.6. The third-order valence-electron chi connectivity index (χ3n) is 2.26. The third kappa shape index (κ3) is 1.95. The number of rotatable bonds is 1. The van der Waals surface area contributed by atoms with Gasteiger partial charge in [-0.2, -0.15) is 18.3 Å². The molecule has 0 aliphatic rings. The van der Waals surface area contributed by atoms with E-state index in [9.17, 15) is 18.0 Å². The van der Waals surface area contributed by atoms with Crippen LogP contribution >= 0.6 is 0 Å². The number of aromatic amines is 1. The van der Waals surface area contributed by atoms with Gasteiger partial charge < -0.3 is 4.74 Å². The number of nitrogens with zero attached hydrogens (tertiary/aromatic N) is 1. The summed E-state index contributed by atoms with van der Waals surface area (Å²) in [5, 5.41) is 4.50. The van der Waals surface area contributed by atoms with Gasteiger partial charge >= 0.3 is 6.18 Å². The lowest BCUT2D eigenvalue weighted by atomic mass is 10.1. The number of hydrogen-bond donors (Lipinski definition) is 1. The maximum absolute atomic E-state index is 12.6. The molecule has 0 fully saturated rings. The minimum atomic E-state index is -4.61. The first-order valence-electron chi connectivity index (χ1n) is 4.57. The summed E-state index contributed by atoms with van der Waals surface area (Å²) in [5.41, 5.74) is -1.80. The second-order valence-corrected chi connectivity index (χ2v) is 3.31. The fraction of sp³-hybridized carbons (Fsp3) is 0.200. The van der Waals surface area contributed by atoms with E-state index in [2.05, 4.69) is 5.10 Å². The van der Waals surface area contributed by atoms with Gasteiger partial charge in [-0.25, -0.2) is 5.10 Å². The van der Waals surface area contributed by atoms with Gasteiger partial charge in [0.15, 0.2) is 5.69 Å². The van der Waals surface area contributed by atoms with E-state index < -0.39 is 17.4 Å². The lowest BCUT2D eigenvalue weighted by Gasteiger charge is -2.08. The van der Waals surface area contributed by atoms with Crippen molar-refractivity contribution in [1.29, 1.82) is 0 Å². The van der Waals surface area contributed by atoms with Gasteiger partial charge in [-0.15, -0.1) is 0 Å². The molecule has 0 bridgehead atoms. The number of ether oxygens (including phenoxy) is 1. The third-order valence-corrected chi connectivity index (χ3v) is 2.26. The number of methoxy groups -OCH3 is 1. The van der Waals surface area contributed by atoms with E-state index >= 15 is 0 Å². The van der Waals surface area contributed by atoms with Crippen molar-refractivity contribution in [1.82, 2.24) is 10.2 Å². The average molecular weight is 244 g/mol. The van der Waals surface area contributed by atoms with E-state index in [1.165, 1.54) is 25.3 Å². The largest absolute Gasteiger partial charge is 0.497 e. The van der Waals surface area contributed by atoms with Crippen LogP contribution < -0.4 is 10.3 Å². The predicted octanol–water partition coefficient (Wildman–Crippen LogP) is 1.95. The van der Waals surface area contributed by atoms with Crippen molar-refractivity contribution < 1.29 is 17.9 Å². The number of benzene rings is 1. The Bertz CT molecular complexity index is 619. The summed E-state index contributed by atoms with van der Waals surface area (Å²) in [7, 11) is 1.36. The number of halogens is 3. The van der Waals surface area contributed by atoms with Gasteiger partial charge in [0.2, 0.25) is 0 Å². The van der Waals surface area contributed by atoms with Crippen LogP contribution in [-0.4, -0.2) is 17.3 Å². The second-order valence-electron chi connectivity index (χ2n) is 3.31. The molecule has 0 radical (unpaired) electrons. The summed E-state index contributed by atoms with van der Waals surface area (Å²) < 4.78 is 42.7. The number of hydrogen-bond acceptors (Lipinski definition) is 3. The van der Waals surface area contributed by atoms with Gasteiger partial charge in [-0.1, -0.05) is 0 Å². The van der Waals surface area contributed by atoms with Crippen LogP contribution in [0.4, 0.5) is 13.2 Å². The smallest absolute Gasteiger partial charge is 0.435 e. The van der Waals surface area contributed by atoms with Crippen LogP contribution in [0.25, 0.3) is 10.8 Å². The molecule has 0 aliphatic heterocycles. The fourth-order valence-corrected chi connectivity index (χ4v) is 1.49. The first kappa shape index (κ1) is 11.4. The normalized spacial score (nSPS) is 11.8. The standard InChI is InChI=1S/C10H7F3N2O2/c1-17-5-2-3-6-7(4-5)9(16)15-14-8(6)10(11,12)13/h2-4H,1H3,(H,15,16). The summed E-state index contributed by atoms with van der Waals surface area (Å²) in [6.45, 7) is 0. The Morgan fingerprint density at radius 1 is 1.29 bits per heavy atom. The van der Waals surface area contributed by atoms with E-state index in [-0.39, 0.29) is 10.8 Å². The van der Waals surface area contributed by atoms with E-state index in [1.54, 1.807) is 0 Å². The van der Waals surface area contributed by atoms with Crippen LogP contribution in [-0.2, 0) is 6.18 Å². The van der Waals surface area contributed by atoms with Crippen molar-refractivity contribution >= 4 is 10.8 Å². The second kappa shape index (κ2) is 3.76. The van der Waals surface area contributed by atoms with Crippen LogP contribution in [0, 0.1) is 0 Å². The molecule has 2 rings (SSSR count). The highest BCUT2D eigenvalue weighted by atomic mass is 19.4. The van der Waals surface area contributed by atoms with Crippen molar-refractivity contribution in [3.8, 4) is 5.75 Å². The number of fused-ring (bicyclic) bond motifs is 1. The monoisotopic (exact) mass is 244 g/mol. The molecule has 0 aliphatic carbocycles. The number of nitrogens with one attached hydrogen (secondary N) is 1. The maximum atomic E-state index is 12.6. The van der Waals surface area contributed by atoms with Gasteiger partial charge in [0, 0.05) is 5.39 Å². The Labute approximate surface area is 93.0 Å². The van der Waals surface area contributed by atoms with Crippen molar-refractivity contribution in [2.24, 2.45) is 0 Å². The van der Waals surface area contributed by atoms with Gasteiger partial charge in [-0.3, -0.25) is 4.79 Å². The molecule has 0 saturated carbocycles. The Kier molecular flexibility index (Phi) is 2.53. The van der Waals surface area contributed by atoms with Crippen LogP contribution in [0.3, 0.4) is 0 Å². The number of alkyl halides is 3. The highest BCUT2D eigenvalue weighted by Crippen LogP contribution is 2.32. The molecule has 90 valence electrons. The number of H-pyrrole nitrogens is 1. The fourth-order valence-electron chi connectivity index (χ4n) is 1.49. The van der Waals surface area contributed by atoms with Gasteiger partial charge in [0.05, 0.1) is 12.5 Å². The van der Waals surface area contributed by atoms with Crippen LogP contribution in [0.15, 0.2) is 23.0 Å². The van der Waals surface area contributed by atoms with Gasteiger partial charge in [0.25, 0.3) is 5.56 Å². The molecule has 4 nitrogen and oxygen atoms in total. The maximum Gasteiger partial charge on any atom is 0.435 e. The van der Waals surface area contributed by atoms with Crippen molar-refractivity contribution in [2.45, 2.75) is 6.18 Å². The van der Waals surface area contributed by atoms with Crippen LogP contribution in [0.1, 0.15) is 5.69 Å². The lowest BCUT2D eigenvalue weighted by Crippen LogP contribution is -2.17. The minimum Gasteiger partial charge on any atom is -0.497 e. The molecular formula is C10H7F3N2O2. The first-order valence-corrected chi connectivity index (χ1v) is 4.57.